The standard InChI is InChI=1S/C10H17N3S/c1-9(11)5-2-3-8-14-10-12-6-4-7-13-10/h4,6-7,9H,2-3,5,8,11H2,1H3. The lowest BCUT2D eigenvalue weighted by Gasteiger charge is -2.03. The minimum Gasteiger partial charge on any atom is -0.328 e. The summed E-state index contributed by atoms with van der Waals surface area (Å²) in [5.74, 6) is 1.08. The number of aromatic nitrogens is 2. The Labute approximate surface area is 89.5 Å². The molecule has 1 heterocycles. The van der Waals surface area contributed by atoms with Crippen LogP contribution in [0.2, 0.25) is 0 Å². The van der Waals surface area contributed by atoms with Gasteiger partial charge < -0.3 is 5.73 Å². The van der Waals surface area contributed by atoms with Crippen LogP contribution in [0, 0.1) is 0 Å². The Morgan fingerprint density at radius 3 is 2.71 bits per heavy atom. The van der Waals surface area contributed by atoms with Crippen LogP contribution in [0.1, 0.15) is 26.2 Å². The number of hydrogen-bond acceptors (Lipinski definition) is 4. The first kappa shape index (κ1) is 11.5. The lowest BCUT2D eigenvalue weighted by molar-refractivity contribution is 0.618. The van der Waals surface area contributed by atoms with Crippen molar-refractivity contribution < 1.29 is 0 Å². The van der Waals surface area contributed by atoms with Crippen molar-refractivity contribution in [2.45, 2.75) is 37.4 Å². The molecule has 2 N–H and O–H groups in total. The number of nitrogens with zero attached hydrogens (tertiary/aromatic N) is 2. The monoisotopic (exact) mass is 211 g/mol. The van der Waals surface area contributed by atoms with E-state index in [-0.39, 0.29) is 0 Å². The van der Waals surface area contributed by atoms with E-state index in [4.69, 9.17) is 5.73 Å². The zero-order valence-corrected chi connectivity index (χ0v) is 9.33. The van der Waals surface area contributed by atoms with E-state index in [1.807, 2.05) is 13.0 Å². The maximum atomic E-state index is 5.65. The largest absolute Gasteiger partial charge is 0.328 e. The second-order valence-corrected chi connectivity index (χ2v) is 4.41. The maximum absolute atomic E-state index is 5.65. The molecule has 1 unspecified atom stereocenters. The molecular formula is C10H17N3S. The Bertz CT molecular complexity index is 238. The third-order valence-corrected chi connectivity index (χ3v) is 2.79. The van der Waals surface area contributed by atoms with E-state index in [0.29, 0.717) is 6.04 Å². The van der Waals surface area contributed by atoms with Gasteiger partial charge in [0.25, 0.3) is 0 Å². The summed E-state index contributed by atoms with van der Waals surface area (Å²) in [6.07, 6.45) is 7.03. The Morgan fingerprint density at radius 2 is 2.07 bits per heavy atom. The summed E-state index contributed by atoms with van der Waals surface area (Å²) >= 11 is 1.71. The molecule has 1 rings (SSSR count). The minimum absolute atomic E-state index is 0.327. The van der Waals surface area contributed by atoms with Gasteiger partial charge in [0, 0.05) is 24.2 Å². The number of thioether (sulfide) groups is 1. The van der Waals surface area contributed by atoms with Gasteiger partial charge in [0.15, 0.2) is 5.16 Å². The maximum Gasteiger partial charge on any atom is 0.187 e. The highest BCUT2D eigenvalue weighted by Crippen LogP contribution is 2.13. The normalized spacial score (nSPS) is 12.7. The van der Waals surface area contributed by atoms with E-state index < -0.39 is 0 Å². The summed E-state index contributed by atoms with van der Waals surface area (Å²) in [6.45, 7) is 2.05. The zero-order chi connectivity index (χ0) is 10.2. The van der Waals surface area contributed by atoms with Crippen molar-refractivity contribution in [2.75, 3.05) is 5.75 Å². The Kier molecular flexibility index (Phi) is 5.56. The molecule has 3 nitrogen and oxygen atoms in total. The van der Waals surface area contributed by atoms with Crippen LogP contribution in [-0.4, -0.2) is 21.8 Å². The predicted molar refractivity (Wildman–Crippen MR) is 60.3 cm³/mol. The van der Waals surface area contributed by atoms with Crippen LogP contribution in [0.15, 0.2) is 23.6 Å². The van der Waals surface area contributed by atoms with E-state index in [0.717, 1.165) is 17.3 Å². The van der Waals surface area contributed by atoms with Gasteiger partial charge in [0.05, 0.1) is 0 Å². The van der Waals surface area contributed by atoms with Crippen LogP contribution in [0.25, 0.3) is 0 Å². The molecule has 14 heavy (non-hydrogen) atoms. The van der Waals surface area contributed by atoms with Crippen LogP contribution in [0.5, 0.6) is 0 Å². The number of nitrogens with two attached hydrogens (primary N) is 1. The molecule has 78 valence electrons. The summed E-state index contributed by atoms with van der Waals surface area (Å²) in [4.78, 5) is 8.28. The van der Waals surface area contributed by atoms with Crippen LogP contribution in [0.3, 0.4) is 0 Å². The van der Waals surface area contributed by atoms with Gasteiger partial charge in [0.1, 0.15) is 0 Å². The van der Waals surface area contributed by atoms with Crippen molar-refractivity contribution in [1.82, 2.24) is 9.97 Å². The third-order valence-electron chi connectivity index (χ3n) is 1.83. The van der Waals surface area contributed by atoms with Crippen LogP contribution in [0.4, 0.5) is 0 Å². The molecule has 0 spiro atoms. The molecule has 0 bridgehead atoms. The average Bonchev–Trinajstić information content (AvgIpc) is 2.18. The van der Waals surface area contributed by atoms with Gasteiger partial charge in [0.2, 0.25) is 0 Å². The van der Waals surface area contributed by atoms with Crippen LogP contribution < -0.4 is 5.73 Å². The quantitative estimate of drug-likeness (QED) is 0.445. The minimum atomic E-state index is 0.327. The molecule has 0 aliphatic rings. The van der Waals surface area contributed by atoms with E-state index in [1.54, 1.807) is 24.2 Å². The van der Waals surface area contributed by atoms with E-state index >= 15 is 0 Å². The third kappa shape index (κ3) is 5.19. The molecule has 0 amide bonds. The molecule has 1 aromatic rings. The summed E-state index contributed by atoms with van der Waals surface area (Å²) in [5, 5.41) is 0.869. The van der Waals surface area contributed by atoms with Gasteiger partial charge in [-0.3, -0.25) is 0 Å². The Hall–Kier alpha value is -0.610. The van der Waals surface area contributed by atoms with Gasteiger partial charge in [-0.1, -0.05) is 18.2 Å². The Morgan fingerprint density at radius 1 is 1.36 bits per heavy atom. The zero-order valence-electron chi connectivity index (χ0n) is 8.52. The topological polar surface area (TPSA) is 51.8 Å². The predicted octanol–water partition coefficient (Wildman–Crippen LogP) is 2.09. The molecule has 0 fully saturated rings. The van der Waals surface area contributed by atoms with Gasteiger partial charge in [-0.15, -0.1) is 0 Å². The van der Waals surface area contributed by atoms with Gasteiger partial charge >= 0.3 is 0 Å². The highest BCUT2D eigenvalue weighted by Gasteiger charge is 1.97. The highest BCUT2D eigenvalue weighted by atomic mass is 32.2. The van der Waals surface area contributed by atoms with E-state index in [9.17, 15) is 0 Å². The second kappa shape index (κ2) is 6.79. The summed E-state index contributed by atoms with van der Waals surface area (Å²) < 4.78 is 0. The van der Waals surface area contributed by atoms with Crippen molar-refractivity contribution >= 4 is 11.8 Å². The first-order valence-electron chi connectivity index (χ1n) is 4.94. The molecule has 0 radical (unpaired) electrons. The molecule has 1 atom stereocenters. The molecular weight excluding hydrogens is 194 g/mol. The fourth-order valence-electron chi connectivity index (χ4n) is 1.09. The summed E-state index contributed by atoms with van der Waals surface area (Å²) in [5.41, 5.74) is 5.65. The average molecular weight is 211 g/mol. The van der Waals surface area contributed by atoms with Crippen molar-refractivity contribution in [3.63, 3.8) is 0 Å². The summed E-state index contributed by atoms with van der Waals surface area (Å²) in [6, 6.07) is 2.16. The van der Waals surface area contributed by atoms with Crippen molar-refractivity contribution in [3.8, 4) is 0 Å². The van der Waals surface area contributed by atoms with Crippen LogP contribution in [-0.2, 0) is 0 Å². The fourth-order valence-corrected chi connectivity index (χ4v) is 1.89. The summed E-state index contributed by atoms with van der Waals surface area (Å²) in [7, 11) is 0. The molecule has 0 aromatic carbocycles. The highest BCUT2D eigenvalue weighted by molar-refractivity contribution is 7.99. The van der Waals surface area contributed by atoms with Gasteiger partial charge in [-0.2, -0.15) is 0 Å². The van der Waals surface area contributed by atoms with Crippen LogP contribution >= 0.6 is 11.8 Å². The second-order valence-electron chi connectivity index (χ2n) is 3.35. The molecule has 1 aromatic heterocycles. The molecule has 4 heteroatoms. The van der Waals surface area contributed by atoms with Crippen molar-refractivity contribution in [3.05, 3.63) is 18.5 Å². The fraction of sp³-hybridized carbons (Fsp3) is 0.600. The SMILES string of the molecule is CC(N)CCCCSc1ncccn1. The smallest absolute Gasteiger partial charge is 0.187 e. The first-order chi connectivity index (χ1) is 6.79. The molecule has 0 saturated carbocycles. The molecule has 0 aliphatic heterocycles. The molecule has 0 aliphatic carbocycles. The lowest BCUT2D eigenvalue weighted by Crippen LogP contribution is -2.14. The number of rotatable bonds is 6. The number of unbranched alkanes of at least 4 members (excludes halogenated alkanes) is 1. The van der Waals surface area contributed by atoms with E-state index in [2.05, 4.69) is 9.97 Å². The number of hydrogen-bond donors (Lipinski definition) is 1. The first-order valence-corrected chi connectivity index (χ1v) is 5.93. The van der Waals surface area contributed by atoms with Crippen molar-refractivity contribution in [1.29, 1.82) is 0 Å². The molecule has 0 saturated heterocycles. The van der Waals surface area contributed by atoms with E-state index in [1.165, 1.54) is 12.8 Å². The van der Waals surface area contributed by atoms with Gasteiger partial charge in [-0.25, -0.2) is 9.97 Å². The van der Waals surface area contributed by atoms with Crippen molar-refractivity contribution in [2.24, 2.45) is 5.73 Å². The lowest BCUT2D eigenvalue weighted by atomic mass is 10.2. The Balaban J connectivity index is 2.05. The van der Waals surface area contributed by atoms with Gasteiger partial charge in [-0.05, 0) is 25.8 Å².